The quantitative estimate of drug-likeness (QED) is 0.660. The Morgan fingerprint density at radius 1 is 1.22 bits per heavy atom. The molecule has 0 saturated carbocycles. The van der Waals surface area contributed by atoms with Crippen LogP contribution in [-0.2, 0) is 11.2 Å². The molecule has 98 valence electrons. The van der Waals surface area contributed by atoms with E-state index in [1.54, 1.807) is 0 Å². The second-order valence-electron chi connectivity index (χ2n) is 4.80. The van der Waals surface area contributed by atoms with Crippen molar-refractivity contribution in [2.45, 2.75) is 31.0 Å². The van der Waals surface area contributed by atoms with Gasteiger partial charge in [-0.15, -0.1) is 0 Å². The Morgan fingerprint density at radius 2 is 2.00 bits per heavy atom. The van der Waals surface area contributed by atoms with Crippen LogP contribution in [0.1, 0.15) is 5.56 Å². The van der Waals surface area contributed by atoms with E-state index >= 15 is 0 Å². The Morgan fingerprint density at radius 3 is 2.72 bits per heavy atom. The molecule has 0 spiro atoms. The van der Waals surface area contributed by atoms with Crippen LogP contribution in [0.5, 0.6) is 0 Å². The summed E-state index contributed by atoms with van der Waals surface area (Å²) in [5.41, 5.74) is 2.25. The first-order chi connectivity index (χ1) is 8.72. The van der Waals surface area contributed by atoms with E-state index in [0.29, 0.717) is 0 Å². The number of hydrogen-bond donors (Lipinski definition) is 3. The predicted octanol–water partition coefficient (Wildman–Crippen LogP) is -0.512. The van der Waals surface area contributed by atoms with Crippen molar-refractivity contribution in [2.75, 3.05) is 18.1 Å². The van der Waals surface area contributed by atoms with Crippen molar-refractivity contribution in [3.8, 4) is 0 Å². The molecule has 3 rings (SSSR count). The first-order valence-corrected chi connectivity index (χ1v) is 6.19. The highest BCUT2D eigenvalue weighted by molar-refractivity contribution is 5.58. The van der Waals surface area contributed by atoms with Crippen LogP contribution in [0.3, 0.4) is 0 Å². The summed E-state index contributed by atoms with van der Waals surface area (Å²) in [6.45, 7) is 0.468. The lowest BCUT2D eigenvalue weighted by molar-refractivity contribution is -0.0220. The van der Waals surface area contributed by atoms with E-state index in [2.05, 4.69) is 6.07 Å². The molecule has 5 heteroatoms. The fraction of sp³-hybridized carbons (Fsp3) is 0.538. The van der Waals surface area contributed by atoms with Crippen LogP contribution in [0, 0.1) is 0 Å². The van der Waals surface area contributed by atoms with Gasteiger partial charge in [0.1, 0.15) is 18.3 Å². The lowest BCUT2D eigenvalue weighted by Gasteiger charge is -2.28. The number of benzene rings is 1. The molecule has 2 aliphatic heterocycles. The molecule has 0 amide bonds. The van der Waals surface area contributed by atoms with E-state index < -0.39 is 24.5 Å². The van der Waals surface area contributed by atoms with Crippen LogP contribution < -0.4 is 4.90 Å². The van der Waals surface area contributed by atoms with Gasteiger partial charge in [-0.1, -0.05) is 18.2 Å². The second-order valence-corrected chi connectivity index (χ2v) is 4.80. The molecule has 1 unspecified atom stereocenters. The maximum absolute atomic E-state index is 10.0. The van der Waals surface area contributed by atoms with Crippen LogP contribution in [0.25, 0.3) is 0 Å². The van der Waals surface area contributed by atoms with Gasteiger partial charge in [0, 0.05) is 12.2 Å². The zero-order valence-electron chi connectivity index (χ0n) is 9.94. The number of nitrogens with zero attached hydrogens (tertiary/aromatic N) is 1. The van der Waals surface area contributed by atoms with Gasteiger partial charge in [0.15, 0.2) is 6.23 Å². The van der Waals surface area contributed by atoms with Gasteiger partial charge in [0.25, 0.3) is 0 Å². The highest BCUT2D eigenvalue weighted by atomic mass is 16.6. The number of fused-ring (bicyclic) bond motifs is 1. The molecule has 0 aliphatic carbocycles. The number of rotatable bonds is 2. The normalized spacial score (nSPS) is 34.9. The monoisotopic (exact) mass is 251 g/mol. The number of anilines is 1. The van der Waals surface area contributed by atoms with E-state index in [4.69, 9.17) is 9.84 Å². The highest BCUT2D eigenvalue weighted by Gasteiger charge is 2.46. The molecule has 4 atom stereocenters. The Hall–Kier alpha value is -1.14. The summed E-state index contributed by atoms with van der Waals surface area (Å²) < 4.78 is 5.55. The van der Waals surface area contributed by atoms with Gasteiger partial charge in [-0.3, -0.25) is 0 Å². The fourth-order valence-electron chi connectivity index (χ4n) is 2.77. The first kappa shape index (κ1) is 11.9. The Bertz CT molecular complexity index is 439. The van der Waals surface area contributed by atoms with Crippen LogP contribution in [0.2, 0.25) is 0 Å². The fourth-order valence-corrected chi connectivity index (χ4v) is 2.77. The van der Waals surface area contributed by atoms with Crippen molar-refractivity contribution >= 4 is 5.69 Å². The molecule has 1 fully saturated rings. The predicted molar refractivity (Wildman–Crippen MR) is 65.3 cm³/mol. The Kier molecular flexibility index (Phi) is 2.99. The van der Waals surface area contributed by atoms with E-state index in [1.165, 1.54) is 5.56 Å². The van der Waals surface area contributed by atoms with Crippen molar-refractivity contribution in [2.24, 2.45) is 0 Å². The van der Waals surface area contributed by atoms with Crippen molar-refractivity contribution in [3.63, 3.8) is 0 Å². The van der Waals surface area contributed by atoms with Gasteiger partial charge in [-0.2, -0.15) is 0 Å². The van der Waals surface area contributed by atoms with Gasteiger partial charge in [-0.05, 0) is 18.1 Å². The summed E-state index contributed by atoms with van der Waals surface area (Å²) in [5, 5.41) is 28.9. The zero-order chi connectivity index (χ0) is 12.7. The Balaban J connectivity index is 1.85. The van der Waals surface area contributed by atoms with E-state index in [9.17, 15) is 10.2 Å². The zero-order valence-corrected chi connectivity index (χ0v) is 9.94. The molecule has 5 nitrogen and oxygen atoms in total. The van der Waals surface area contributed by atoms with Gasteiger partial charge in [0.2, 0.25) is 0 Å². The maximum atomic E-state index is 10.0. The van der Waals surface area contributed by atoms with Gasteiger partial charge in [0.05, 0.1) is 6.61 Å². The third-order valence-corrected chi connectivity index (χ3v) is 3.75. The number of hydrogen-bond acceptors (Lipinski definition) is 5. The summed E-state index contributed by atoms with van der Waals surface area (Å²) in [6.07, 6.45) is -2.41. The van der Waals surface area contributed by atoms with Gasteiger partial charge in [-0.25, -0.2) is 0 Å². The average Bonchev–Trinajstić information content (AvgIpc) is 2.93. The van der Waals surface area contributed by atoms with Crippen LogP contribution >= 0.6 is 0 Å². The first-order valence-electron chi connectivity index (χ1n) is 6.19. The molecule has 1 aromatic rings. The molecule has 2 heterocycles. The van der Waals surface area contributed by atoms with Crippen LogP contribution in [-0.4, -0.2) is 53.0 Å². The average molecular weight is 251 g/mol. The Labute approximate surface area is 105 Å². The van der Waals surface area contributed by atoms with Crippen molar-refractivity contribution < 1.29 is 20.1 Å². The van der Waals surface area contributed by atoms with Crippen LogP contribution in [0.15, 0.2) is 24.3 Å². The largest absolute Gasteiger partial charge is 0.394 e. The molecule has 0 bridgehead atoms. The minimum Gasteiger partial charge on any atom is -0.394 e. The molecule has 1 aromatic carbocycles. The smallest absolute Gasteiger partial charge is 0.159 e. The highest BCUT2D eigenvalue weighted by Crippen LogP contribution is 2.34. The third-order valence-electron chi connectivity index (χ3n) is 3.75. The molecule has 3 N–H and O–H groups in total. The minimum absolute atomic E-state index is 0.287. The number of ether oxygens (including phenoxy) is 1. The van der Waals surface area contributed by atoms with Gasteiger partial charge >= 0.3 is 0 Å². The molecule has 1 saturated heterocycles. The molecule has 2 aliphatic rings. The SMILES string of the molecule is OC[C@H]1OC(N2CCc3ccccc32)[C@H](O)[C@@H]1O. The van der Waals surface area contributed by atoms with E-state index in [0.717, 1.165) is 18.7 Å². The number of aliphatic hydroxyl groups is 3. The minimum atomic E-state index is -1.03. The summed E-state index contributed by atoms with van der Waals surface area (Å²) in [5.74, 6) is 0. The lowest BCUT2D eigenvalue weighted by atomic mass is 10.1. The lowest BCUT2D eigenvalue weighted by Crippen LogP contribution is -2.43. The number of aliphatic hydroxyl groups excluding tert-OH is 3. The molecular weight excluding hydrogens is 234 g/mol. The summed E-state index contributed by atoms with van der Waals surface area (Å²) in [4.78, 5) is 1.96. The topological polar surface area (TPSA) is 73.2 Å². The van der Waals surface area contributed by atoms with Crippen molar-refractivity contribution in [1.82, 2.24) is 0 Å². The van der Waals surface area contributed by atoms with Gasteiger partial charge < -0.3 is 25.0 Å². The molecular formula is C13H17NO4. The standard InChI is InChI=1S/C13H17NO4/c15-7-10-11(16)12(17)13(18-10)14-6-5-8-3-1-2-4-9(8)14/h1-4,10-13,15-17H,5-7H2/t10-,11-,12-,13?/m1/s1. The summed E-state index contributed by atoms with van der Waals surface area (Å²) in [6, 6.07) is 7.96. The number of para-hydroxylation sites is 1. The summed E-state index contributed by atoms with van der Waals surface area (Å²) in [7, 11) is 0. The van der Waals surface area contributed by atoms with E-state index in [1.807, 2.05) is 23.1 Å². The second kappa shape index (κ2) is 4.51. The van der Waals surface area contributed by atoms with Crippen molar-refractivity contribution in [1.29, 1.82) is 0 Å². The molecule has 0 aromatic heterocycles. The van der Waals surface area contributed by atoms with Crippen LogP contribution in [0.4, 0.5) is 5.69 Å². The molecule has 18 heavy (non-hydrogen) atoms. The third kappa shape index (κ3) is 1.71. The van der Waals surface area contributed by atoms with E-state index in [-0.39, 0.29) is 6.61 Å². The maximum Gasteiger partial charge on any atom is 0.159 e. The van der Waals surface area contributed by atoms with Crippen molar-refractivity contribution in [3.05, 3.63) is 29.8 Å². The summed E-state index contributed by atoms with van der Waals surface area (Å²) >= 11 is 0. The molecule has 0 radical (unpaired) electrons.